The van der Waals surface area contributed by atoms with E-state index in [1.165, 1.54) is 0 Å². The van der Waals surface area contributed by atoms with Gasteiger partial charge in [-0.3, -0.25) is 29.4 Å². The number of carbonyl (C=O) groups is 4. The summed E-state index contributed by atoms with van der Waals surface area (Å²) in [5, 5.41) is 5.44. The summed E-state index contributed by atoms with van der Waals surface area (Å²) in [6.07, 6.45) is 2.08. The molecule has 2 heterocycles. The van der Waals surface area contributed by atoms with E-state index in [2.05, 4.69) is 24.5 Å². The van der Waals surface area contributed by atoms with Gasteiger partial charge in [-0.1, -0.05) is 19.9 Å². The molecule has 0 bridgehead atoms. The fourth-order valence-corrected chi connectivity index (χ4v) is 3.66. The molecule has 0 aromatic heterocycles. The van der Waals surface area contributed by atoms with E-state index < -0.39 is 23.8 Å². The monoisotopic (exact) mass is 415 g/mol. The number of piperidine rings is 1. The second kappa shape index (κ2) is 9.38. The zero-order valence-corrected chi connectivity index (χ0v) is 17.7. The van der Waals surface area contributed by atoms with E-state index in [-0.39, 0.29) is 36.0 Å². The standard InChI is InChI=1S/C22H29N3O5/c1-13(2)10-12-30-14(3)9-11-23-16-6-4-5-15-19(16)22(29)25(21(15)28)17-7-8-18(26)24-20(17)27/h4-6,13-14,17,23H,7-12H2,1-3H3,(H,24,26,27). The van der Waals surface area contributed by atoms with Gasteiger partial charge < -0.3 is 10.1 Å². The van der Waals surface area contributed by atoms with Gasteiger partial charge in [0.2, 0.25) is 11.8 Å². The second-order valence-electron chi connectivity index (χ2n) is 8.25. The maximum absolute atomic E-state index is 13.0. The molecule has 2 atom stereocenters. The lowest BCUT2D eigenvalue weighted by molar-refractivity contribution is -0.136. The topological polar surface area (TPSA) is 105 Å². The Morgan fingerprint density at radius 2 is 1.90 bits per heavy atom. The third-order valence-electron chi connectivity index (χ3n) is 5.43. The fourth-order valence-electron chi connectivity index (χ4n) is 3.66. The number of hydrogen-bond acceptors (Lipinski definition) is 6. The minimum Gasteiger partial charge on any atom is -0.384 e. The number of anilines is 1. The van der Waals surface area contributed by atoms with E-state index in [1.807, 2.05) is 6.92 Å². The number of benzene rings is 1. The van der Waals surface area contributed by atoms with Gasteiger partial charge in [-0.25, -0.2) is 0 Å². The third kappa shape index (κ3) is 4.70. The van der Waals surface area contributed by atoms with E-state index >= 15 is 0 Å². The lowest BCUT2D eigenvalue weighted by Crippen LogP contribution is -2.54. The molecular formula is C22H29N3O5. The first-order valence-electron chi connectivity index (χ1n) is 10.5. The number of hydrogen-bond donors (Lipinski definition) is 2. The average Bonchev–Trinajstić information content (AvgIpc) is 2.93. The van der Waals surface area contributed by atoms with Crippen LogP contribution < -0.4 is 10.6 Å². The highest BCUT2D eigenvalue weighted by Gasteiger charge is 2.45. The number of carbonyl (C=O) groups excluding carboxylic acids is 4. The Morgan fingerprint density at radius 1 is 1.13 bits per heavy atom. The Labute approximate surface area is 176 Å². The quantitative estimate of drug-likeness (QED) is 0.600. The van der Waals surface area contributed by atoms with Crippen molar-refractivity contribution < 1.29 is 23.9 Å². The summed E-state index contributed by atoms with van der Waals surface area (Å²) in [6, 6.07) is 4.09. The van der Waals surface area contributed by atoms with E-state index in [4.69, 9.17) is 4.74 Å². The lowest BCUT2D eigenvalue weighted by Gasteiger charge is -2.27. The summed E-state index contributed by atoms with van der Waals surface area (Å²) in [7, 11) is 0. The van der Waals surface area contributed by atoms with Crippen LogP contribution in [0.2, 0.25) is 0 Å². The lowest BCUT2D eigenvalue weighted by atomic mass is 10.0. The van der Waals surface area contributed by atoms with Crippen molar-refractivity contribution in [3.63, 3.8) is 0 Å². The molecule has 2 N–H and O–H groups in total. The second-order valence-corrected chi connectivity index (χ2v) is 8.25. The summed E-state index contributed by atoms with van der Waals surface area (Å²) in [6.45, 7) is 7.62. The Kier molecular flexibility index (Phi) is 6.87. The fraction of sp³-hybridized carbons (Fsp3) is 0.545. The van der Waals surface area contributed by atoms with Crippen LogP contribution in [0.4, 0.5) is 5.69 Å². The normalized spacial score (nSPS) is 19.9. The zero-order valence-electron chi connectivity index (χ0n) is 17.7. The first-order valence-corrected chi connectivity index (χ1v) is 10.5. The van der Waals surface area contributed by atoms with E-state index in [1.54, 1.807) is 18.2 Å². The van der Waals surface area contributed by atoms with Gasteiger partial charge in [-0.15, -0.1) is 0 Å². The number of imide groups is 2. The van der Waals surface area contributed by atoms with Gasteiger partial charge in [0.25, 0.3) is 11.8 Å². The van der Waals surface area contributed by atoms with E-state index in [0.29, 0.717) is 24.8 Å². The highest BCUT2D eigenvalue weighted by molar-refractivity contribution is 6.25. The minimum atomic E-state index is -0.961. The van der Waals surface area contributed by atoms with E-state index in [0.717, 1.165) is 17.7 Å². The number of amides is 4. The summed E-state index contributed by atoms with van der Waals surface area (Å²) in [5.74, 6) is -1.41. The molecule has 2 aliphatic heterocycles. The first-order chi connectivity index (χ1) is 14.3. The van der Waals surface area contributed by atoms with Gasteiger partial charge in [0.15, 0.2) is 0 Å². The van der Waals surface area contributed by atoms with Gasteiger partial charge >= 0.3 is 0 Å². The van der Waals surface area contributed by atoms with Crippen LogP contribution in [0, 0.1) is 5.92 Å². The molecule has 8 heteroatoms. The molecule has 0 aliphatic carbocycles. The summed E-state index contributed by atoms with van der Waals surface area (Å²) >= 11 is 0. The minimum absolute atomic E-state index is 0.0744. The molecule has 2 aliphatic rings. The summed E-state index contributed by atoms with van der Waals surface area (Å²) < 4.78 is 5.80. The van der Waals surface area contributed by atoms with Crippen molar-refractivity contribution in [1.82, 2.24) is 10.2 Å². The smallest absolute Gasteiger partial charge is 0.264 e. The molecule has 3 rings (SSSR count). The van der Waals surface area contributed by atoms with Crippen LogP contribution in [-0.2, 0) is 14.3 Å². The van der Waals surface area contributed by atoms with Crippen molar-refractivity contribution in [2.24, 2.45) is 5.92 Å². The molecule has 0 saturated carbocycles. The third-order valence-corrected chi connectivity index (χ3v) is 5.43. The number of nitrogens with one attached hydrogen (secondary N) is 2. The molecule has 1 fully saturated rings. The molecule has 162 valence electrons. The van der Waals surface area contributed by atoms with E-state index in [9.17, 15) is 19.2 Å². The van der Waals surface area contributed by atoms with Crippen molar-refractivity contribution in [3.05, 3.63) is 29.3 Å². The van der Waals surface area contributed by atoms with Crippen LogP contribution in [0.5, 0.6) is 0 Å². The number of ether oxygens (including phenoxy) is 1. The molecule has 8 nitrogen and oxygen atoms in total. The van der Waals surface area contributed by atoms with Crippen LogP contribution in [0.3, 0.4) is 0 Å². The van der Waals surface area contributed by atoms with Crippen molar-refractivity contribution >= 4 is 29.3 Å². The molecule has 2 unspecified atom stereocenters. The maximum atomic E-state index is 13.0. The molecule has 4 amide bonds. The zero-order chi connectivity index (χ0) is 21.8. The maximum Gasteiger partial charge on any atom is 0.264 e. The molecular weight excluding hydrogens is 386 g/mol. The van der Waals surface area contributed by atoms with Gasteiger partial charge in [0.05, 0.1) is 17.2 Å². The van der Waals surface area contributed by atoms with Crippen molar-refractivity contribution in [3.8, 4) is 0 Å². The number of nitrogens with zero attached hydrogens (tertiary/aromatic N) is 1. The predicted molar refractivity (Wildman–Crippen MR) is 111 cm³/mol. The van der Waals surface area contributed by atoms with Gasteiger partial charge in [0.1, 0.15) is 6.04 Å². The number of fused-ring (bicyclic) bond motifs is 1. The number of rotatable bonds is 9. The Balaban J connectivity index is 1.65. The highest BCUT2D eigenvalue weighted by Crippen LogP contribution is 2.32. The van der Waals surface area contributed by atoms with Crippen molar-refractivity contribution in [1.29, 1.82) is 0 Å². The molecule has 1 aromatic carbocycles. The van der Waals surface area contributed by atoms with Gasteiger partial charge in [0, 0.05) is 25.3 Å². The molecule has 0 spiro atoms. The van der Waals surface area contributed by atoms with Crippen LogP contribution in [-0.4, -0.2) is 53.8 Å². The van der Waals surface area contributed by atoms with Crippen LogP contribution >= 0.6 is 0 Å². The Hall–Kier alpha value is -2.74. The predicted octanol–water partition coefficient (Wildman–Crippen LogP) is 2.34. The Bertz CT molecular complexity index is 851. The molecule has 0 radical (unpaired) electrons. The average molecular weight is 415 g/mol. The summed E-state index contributed by atoms with van der Waals surface area (Å²) in [4.78, 5) is 50.4. The SMILES string of the molecule is CC(C)CCOC(C)CCNc1cccc2c1C(=O)N(C1CCC(=O)NC1=O)C2=O. The van der Waals surface area contributed by atoms with Gasteiger partial charge in [-0.05, 0) is 44.2 Å². The van der Waals surface area contributed by atoms with Crippen LogP contribution in [0.15, 0.2) is 18.2 Å². The van der Waals surface area contributed by atoms with Crippen LogP contribution in [0.25, 0.3) is 0 Å². The highest BCUT2D eigenvalue weighted by atomic mass is 16.5. The molecule has 1 saturated heterocycles. The largest absolute Gasteiger partial charge is 0.384 e. The van der Waals surface area contributed by atoms with Crippen LogP contribution in [0.1, 0.15) is 67.2 Å². The molecule has 1 aromatic rings. The van der Waals surface area contributed by atoms with Gasteiger partial charge in [-0.2, -0.15) is 0 Å². The Morgan fingerprint density at radius 3 is 2.60 bits per heavy atom. The van der Waals surface area contributed by atoms with Crippen molar-refractivity contribution in [2.45, 2.75) is 58.6 Å². The molecule has 30 heavy (non-hydrogen) atoms. The summed E-state index contributed by atoms with van der Waals surface area (Å²) in [5.41, 5.74) is 1.12. The first kappa shape index (κ1) is 22.0. The van der Waals surface area contributed by atoms with Crippen molar-refractivity contribution in [2.75, 3.05) is 18.5 Å².